The van der Waals surface area contributed by atoms with E-state index in [1.165, 1.54) is 25.8 Å². The third kappa shape index (κ3) is 5.04. The van der Waals surface area contributed by atoms with Crippen LogP contribution in [-0.2, 0) is 20.9 Å². The van der Waals surface area contributed by atoms with Gasteiger partial charge in [-0.25, -0.2) is 4.79 Å². The van der Waals surface area contributed by atoms with Crippen molar-refractivity contribution in [1.82, 2.24) is 5.32 Å². The zero-order valence-corrected chi connectivity index (χ0v) is 17.6. The summed E-state index contributed by atoms with van der Waals surface area (Å²) in [6.07, 6.45) is -0.988. The van der Waals surface area contributed by atoms with E-state index in [2.05, 4.69) is 10.6 Å². The predicted octanol–water partition coefficient (Wildman–Crippen LogP) is 2.61. The molecule has 0 aliphatic carbocycles. The van der Waals surface area contributed by atoms with Gasteiger partial charge in [-0.05, 0) is 42.8 Å². The third-order valence-corrected chi connectivity index (χ3v) is 5.49. The lowest BCUT2D eigenvalue weighted by atomic mass is 10.2. The highest BCUT2D eigenvalue weighted by Crippen LogP contribution is 2.32. The molecule has 2 N–H and O–H groups in total. The van der Waals surface area contributed by atoms with Crippen LogP contribution in [0.1, 0.15) is 22.8 Å². The fourth-order valence-corrected chi connectivity index (χ4v) is 3.60. The number of carbonyl (C=O) groups excluding carboxylic acids is 3. The van der Waals surface area contributed by atoms with Crippen LogP contribution in [0.25, 0.3) is 0 Å². The maximum absolute atomic E-state index is 12.4. The number of carbonyl (C=O) groups is 3. The van der Waals surface area contributed by atoms with E-state index in [0.717, 1.165) is 10.5 Å². The molecule has 0 radical (unpaired) electrons. The molecule has 0 fully saturated rings. The Morgan fingerprint density at radius 3 is 2.63 bits per heavy atom. The molecule has 3 rings (SSSR count). The first-order valence-corrected chi connectivity index (χ1v) is 10.2. The molecule has 0 unspecified atom stereocenters. The van der Waals surface area contributed by atoms with Crippen LogP contribution in [0, 0.1) is 0 Å². The molecule has 1 aliphatic rings. The number of thioether (sulfide) groups is 1. The van der Waals surface area contributed by atoms with Crippen molar-refractivity contribution < 1.29 is 28.6 Å². The molecule has 9 heteroatoms. The van der Waals surface area contributed by atoms with Crippen molar-refractivity contribution in [3.8, 4) is 11.5 Å². The molecule has 0 aromatic heterocycles. The second-order valence-electron chi connectivity index (χ2n) is 6.50. The molecule has 2 amide bonds. The molecular weight excluding hydrogens is 408 g/mol. The number of hydrogen-bond donors (Lipinski definition) is 2. The van der Waals surface area contributed by atoms with Crippen LogP contribution >= 0.6 is 11.8 Å². The normalized spacial score (nSPS) is 13.5. The van der Waals surface area contributed by atoms with Gasteiger partial charge in [0.1, 0.15) is 0 Å². The zero-order valence-electron chi connectivity index (χ0n) is 16.8. The fraction of sp³-hybridized carbons (Fsp3) is 0.286. The van der Waals surface area contributed by atoms with Crippen LogP contribution < -0.4 is 20.1 Å². The second-order valence-corrected chi connectivity index (χ2v) is 7.52. The number of ether oxygens (including phenoxy) is 3. The van der Waals surface area contributed by atoms with Crippen molar-refractivity contribution in [2.75, 3.05) is 25.3 Å². The number of anilines is 1. The van der Waals surface area contributed by atoms with E-state index in [4.69, 9.17) is 14.2 Å². The standard InChI is InChI=1S/C21H22N2O6S/c1-12(20(25)22-10-13-4-6-16(27-2)17(8-13)28-3)29-21(26)14-5-7-18-15(9-14)23-19(24)11-30-18/h4-9,12H,10-11H2,1-3H3,(H,22,25)(H,23,24)/t12-/m1/s1. The summed E-state index contributed by atoms with van der Waals surface area (Å²) in [5, 5.41) is 5.45. The van der Waals surface area contributed by atoms with Crippen LogP contribution in [0.15, 0.2) is 41.3 Å². The molecule has 2 aromatic rings. The van der Waals surface area contributed by atoms with E-state index >= 15 is 0 Å². The van der Waals surface area contributed by atoms with Gasteiger partial charge in [-0.1, -0.05) is 6.07 Å². The maximum atomic E-state index is 12.4. The summed E-state index contributed by atoms with van der Waals surface area (Å²) in [7, 11) is 3.08. The number of amides is 2. The van der Waals surface area contributed by atoms with E-state index in [-0.39, 0.29) is 18.0 Å². The van der Waals surface area contributed by atoms with Gasteiger partial charge in [0.05, 0.1) is 31.2 Å². The predicted molar refractivity (Wildman–Crippen MR) is 112 cm³/mol. The third-order valence-electron chi connectivity index (χ3n) is 4.42. The second kappa shape index (κ2) is 9.53. The Kier molecular flexibility index (Phi) is 6.83. The number of fused-ring (bicyclic) bond motifs is 1. The Morgan fingerprint density at radius 2 is 1.90 bits per heavy atom. The molecule has 1 atom stereocenters. The highest BCUT2D eigenvalue weighted by Gasteiger charge is 2.21. The molecular formula is C21H22N2O6S. The van der Waals surface area contributed by atoms with Gasteiger partial charge in [-0.2, -0.15) is 0 Å². The SMILES string of the molecule is COc1ccc(CNC(=O)[C@@H](C)OC(=O)c2ccc3c(c2)NC(=O)CS3)cc1OC. The molecule has 2 aromatic carbocycles. The van der Waals surface area contributed by atoms with Crippen LogP contribution in [0.3, 0.4) is 0 Å². The van der Waals surface area contributed by atoms with Crippen molar-refractivity contribution in [2.24, 2.45) is 0 Å². The zero-order chi connectivity index (χ0) is 21.7. The fourth-order valence-electron chi connectivity index (χ4n) is 2.82. The summed E-state index contributed by atoms with van der Waals surface area (Å²) in [5.41, 5.74) is 1.63. The lowest BCUT2D eigenvalue weighted by molar-refractivity contribution is -0.129. The van der Waals surface area contributed by atoms with Gasteiger partial charge in [0.15, 0.2) is 17.6 Å². The quantitative estimate of drug-likeness (QED) is 0.651. The summed E-state index contributed by atoms with van der Waals surface area (Å²) in [6, 6.07) is 10.2. The summed E-state index contributed by atoms with van der Waals surface area (Å²) >= 11 is 1.40. The van der Waals surface area contributed by atoms with E-state index in [1.807, 2.05) is 0 Å². The highest BCUT2D eigenvalue weighted by atomic mass is 32.2. The minimum absolute atomic E-state index is 0.124. The van der Waals surface area contributed by atoms with Gasteiger partial charge in [-0.15, -0.1) is 11.8 Å². The van der Waals surface area contributed by atoms with Crippen LogP contribution in [-0.4, -0.2) is 43.9 Å². The summed E-state index contributed by atoms with van der Waals surface area (Å²) in [5.74, 6) is 0.293. The molecule has 0 spiro atoms. The summed E-state index contributed by atoms with van der Waals surface area (Å²) in [6.45, 7) is 1.74. The van der Waals surface area contributed by atoms with Gasteiger partial charge >= 0.3 is 5.97 Å². The Balaban J connectivity index is 1.57. The van der Waals surface area contributed by atoms with Crippen LogP contribution in [0.2, 0.25) is 0 Å². The molecule has 0 saturated heterocycles. The van der Waals surface area contributed by atoms with E-state index < -0.39 is 18.0 Å². The van der Waals surface area contributed by atoms with Crippen LogP contribution in [0.4, 0.5) is 5.69 Å². The Morgan fingerprint density at radius 1 is 1.13 bits per heavy atom. The molecule has 1 aliphatic heterocycles. The average Bonchev–Trinajstić information content (AvgIpc) is 2.76. The minimum Gasteiger partial charge on any atom is -0.493 e. The number of hydrogen-bond acceptors (Lipinski definition) is 7. The molecule has 30 heavy (non-hydrogen) atoms. The van der Waals surface area contributed by atoms with Gasteiger partial charge in [0.2, 0.25) is 5.91 Å². The van der Waals surface area contributed by atoms with Crippen LogP contribution in [0.5, 0.6) is 11.5 Å². The smallest absolute Gasteiger partial charge is 0.338 e. The minimum atomic E-state index is -0.988. The van der Waals surface area contributed by atoms with Crippen molar-refractivity contribution in [1.29, 1.82) is 0 Å². The Labute approximate surface area is 178 Å². The lowest BCUT2D eigenvalue weighted by Crippen LogP contribution is -2.35. The average molecular weight is 430 g/mol. The van der Waals surface area contributed by atoms with Crippen molar-refractivity contribution in [3.63, 3.8) is 0 Å². The van der Waals surface area contributed by atoms with Crippen molar-refractivity contribution in [2.45, 2.75) is 24.5 Å². The number of methoxy groups -OCH3 is 2. The van der Waals surface area contributed by atoms with E-state index in [0.29, 0.717) is 22.9 Å². The highest BCUT2D eigenvalue weighted by molar-refractivity contribution is 8.00. The summed E-state index contributed by atoms with van der Waals surface area (Å²) < 4.78 is 15.7. The first kappa shape index (κ1) is 21.5. The Bertz CT molecular complexity index is 978. The van der Waals surface area contributed by atoms with Gasteiger partial charge in [0.25, 0.3) is 5.91 Å². The molecule has 1 heterocycles. The summed E-state index contributed by atoms with van der Waals surface area (Å²) in [4.78, 5) is 37.1. The van der Waals surface area contributed by atoms with Gasteiger partial charge in [0, 0.05) is 11.4 Å². The van der Waals surface area contributed by atoms with Gasteiger partial charge < -0.3 is 24.8 Å². The molecule has 0 saturated carbocycles. The first-order valence-electron chi connectivity index (χ1n) is 9.17. The Hall–Kier alpha value is -3.20. The number of rotatable bonds is 7. The monoisotopic (exact) mass is 430 g/mol. The molecule has 158 valence electrons. The van der Waals surface area contributed by atoms with E-state index in [1.54, 1.807) is 43.5 Å². The number of nitrogens with one attached hydrogen (secondary N) is 2. The molecule has 8 nitrogen and oxygen atoms in total. The topological polar surface area (TPSA) is 103 Å². The van der Waals surface area contributed by atoms with Gasteiger partial charge in [-0.3, -0.25) is 9.59 Å². The first-order chi connectivity index (χ1) is 14.4. The lowest BCUT2D eigenvalue weighted by Gasteiger charge is -2.18. The van der Waals surface area contributed by atoms with E-state index in [9.17, 15) is 14.4 Å². The molecule has 0 bridgehead atoms. The van der Waals surface area contributed by atoms with Crippen molar-refractivity contribution in [3.05, 3.63) is 47.5 Å². The largest absolute Gasteiger partial charge is 0.493 e. The van der Waals surface area contributed by atoms with Crippen molar-refractivity contribution >= 4 is 35.2 Å². The number of esters is 1. The maximum Gasteiger partial charge on any atom is 0.338 e. The number of benzene rings is 2.